The lowest BCUT2D eigenvalue weighted by atomic mass is 9.93. The van der Waals surface area contributed by atoms with Crippen LogP contribution in [0, 0.1) is 0 Å². The summed E-state index contributed by atoms with van der Waals surface area (Å²) in [5, 5.41) is 10.2. The smallest absolute Gasteiger partial charge is 0.171 e. The molecule has 1 aromatic rings. The molecule has 0 spiro atoms. The molecule has 0 amide bonds. The SMILES string of the molecule is Oc1cc(Cl)c(C2CCCCCCCC2)nc1Cl. The Morgan fingerprint density at radius 3 is 2.17 bits per heavy atom. The molecule has 0 atom stereocenters. The molecule has 100 valence electrons. The Balaban J connectivity index is 2.19. The van der Waals surface area contributed by atoms with E-state index in [9.17, 15) is 5.11 Å². The lowest BCUT2D eigenvalue weighted by Crippen LogP contribution is -2.03. The molecular formula is C14H19Cl2NO. The van der Waals surface area contributed by atoms with Crippen LogP contribution in [0.5, 0.6) is 5.75 Å². The number of hydrogen-bond donors (Lipinski definition) is 1. The summed E-state index contributed by atoms with van der Waals surface area (Å²) in [4.78, 5) is 4.28. The Morgan fingerprint density at radius 2 is 1.56 bits per heavy atom. The Kier molecular flexibility index (Phi) is 5.13. The van der Waals surface area contributed by atoms with Crippen molar-refractivity contribution >= 4 is 23.2 Å². The van der Waals surface area contributed by atoms with E-state index in [1.54, 1.807) is 0 Å². The van der Waals surface area contributed by atoms with E-state index >= 15 is 0 Å². The Morgan fingerprint density at radius 1 is 1.00 bits per heavy atom. The normalized spacial score (nSPS) is 19.0. The quantitative estimate of drug-likeness (QED) is 0.710. The molecule has 2 nitrogen and oxygen atoms in total. The van der Waals surface area contributed by atoms with Crippen LogP contribution in [-0.4, -0.2) is 10.1 Å². The molecule has 0 aliphatic heterocycles. The molecule has 2 rings (SSSR count). The number of pyridine rings is 1. The predicted molar refractivity (Wildman–Crippen MR) is 75.6 cm³/mol. The average molecular weight is 288 g/mol. The molecule has 1 heterocycles. The highest BCUT2D eigenvalue weighted by Crippen LogP contribution is 2.36. The van der Waals surface area contributed by atoms with E-state index in [-0.39, 0.29) is 10.9 Å². The summed E-state index contributed by atoms with van der Waals surface area (Å²) in [6, 6.07) is 1.51. The minimum Gasteiger partial charge on any atom is -0.505 e. The number of aromatic hydroxyl groups is 1. The summed E-state index contributed by atoms with van der Waals surface area (Å²) in [7, 11) is 0. The topological polar surface area (TPSA) is 33.1 Å². The lowest BCUT2D eigenvalue weighted by Gasteiger charge is -2.17. The summed E-state index contributed by atoms with van der Waals surface area (Å²) in [6.45, 7) is 0. The molecule has 1 aliphatic rings. The molecule has 4 heteroatoms. The molecule has 0 saturated heterocycles. The standard InChI is InChI=1S/C14H19Cl2NO/c15-11-9-12(18)14(16)17-13(11)10-7-5-3-1-2-4-6-8-10/h9-10,18H,1-8H2. The van der Waals surface area contributed by atoms with Crippen LogP contribution in [0.15, 0.2) is 6.07 Å². The third-order valence-electron chi connectivity index (χ3n) is 3.68. The van der Waals surface area contributed by atoms with Crippen molar-refractivity contribution in [1.82, 2.24) is 4.98 Å². The van der Waals surface area contributed by atoms with Gasteiger partial charge in [-0.3, -0.25) is 0 Å². The van der Waals surface area contributed by atoms with Gasteiger partial charge >= 0.3 is 0 Å². The maximum absolute atomic E-state index is 9.49. The summed E-state index contributed by atoms with van der Waals surface area (Å²) in [6.07, 6.45) is 9.94. The molecule has 0 radical (unpaired) electrons. The van der Waals surface area contributed by atoms with Gasteiger partial charge in [-0.2, -0.15) is 0 Å². The molecule has 1 saturated carbocycles. The van der Waals surface area contributed by atoms with Gasteiger partial charge in [0.15, 0.2) is 10.9 Å². The van der Waals surface area contributed by atoms with Crippen LogP contribution in [0.3, 0.4) is 0 Å². The molecule has 0 bridgehead atoms. The van der Waals surface area contributed by atoms with Crippen LogP contribution >= 0.6 is 23.2 Å². The van der Waals surface area contributed by atoms with Crippen LogP contribution in [0.4, 0.5) is 0 Å². The highest BCUT2D eigenvalue weighted by Gasteiger charge is 2.19. The molecular weight excluding hydrogens is 269 g/mol. The third-order valence-corrected chi connectivity index (χ3v) is 4.26. The van der Waals surface area contributed by atoms with Gasteiger partial charge in [-0.1, -0.05) is 61.7 Å². The average Bonchev–Trinajstić information content (AvgIpc) is 2.47. The zero-order valence-electron chi connectivity index (χ0n) is 10.5. The van der Waals surface area contributed by atoms with Crippen molar-refractivity contribution in [2.75, 3.05) is 0 Å². The summed E-state index contributed by atoms with van der Waals surface area (Å²) >= 11 is 12.1. The van der Waals surface area contributed by atoms with E-state index in [0.29, 0.717) is 10.9 Å². The third kappa shape index (κ3) is 3.52. The summed E-state index contributed by atoms with van der Waals surface area (Å²) in [5.41, 5.74) is 0.862. The lowest BCUT2D eigenvalue weighted by molar-refractivity contribution is 0.469. The fourth-order valence-electron chi connectivity index (χ4n) is 2.66. The number of nitrogens with zero attached hydrogens (tertiary/aromatic N) is 1. The van der Waals surface area contributed by atoms with Gasteiger partial charge in [0.1, 0.15) is 0 Å². The van der Waals surface area contributed by atoms with Crippen LogP contribution in [0.1, 0.15) is 63.0 Å². The van der Waals surface area contributed by atoms with Crippen molar-refractivity contribution in [2.45, 2.75) is 57.3 Å². The second-order valence-electron chi connectivity index (χ2n) is 5.06. The van der Waals surface area contributed by atoms with E-state index in [2.05, 4.69) is 4.98 Å². The molecule has 1 aliphatic carbocycles. The van der Waals surface area contributed by atoms with Gasteiger partial charge in [-0.05, 0) is 12.8 Å². The van der Waals surface area contributed by atoms with Crippen LogP contribution in [0.25, 0.3) is 0 Å². The Bertz CT molecular complexity index is 399. The van der Waals surface area contributed by atoms with Crippen molar-refractivity contribution in [1.29, 1.82) is 0 Å². The second kappa shape index (κ2) is 6.63. The van der Waals surface area contributed by atoms with Gasteiger partial charge in [0.25, 0.3) is 0 Å². The van der Waals surface area contributed by atoms with Crippen molar-refractivity contribution in [3.63, 3.8) is 0 Å². The molecule has 18 heavy (non-hydrogen) atoms. The zero-order chi connectivity index (χ0) is 13.0. The monoisotopic (exact) mass is 287 g/mol. The minimum atomic E-state index is -0.0338. The number of hydrogen-bond acceptors (Lipinski definition) is 2. The Hall–Kier alpha value is -0.470. The fraction of sp³-hybridized carbons (Fsp3) is 0.643. The highest BCUT2D eigenvalue weighted by molar-refractivity contribution is 6.33. The van der Waals surface area contributed by atoms with Crippen molar-refractivity contribution < 1.29 is 5.11 Å². The fourth-order valence-corrected chi connectivity index (χ4v) is 3.11. The van der Waals surface area contributed by atoms with E-state index in [0.717, 1.165) is 18.5 Å². The van der Waals surface area contributed by atoms with Crippen molar-refractivity contribution in [3.05, 3.63) is 21.9 Å². The minimum absolute atomic E-state index is 0.0338. The molecule has 0 aromatic carbocycles. The maximum atomic E-state index is 9.49. The van der Waals surface area contributed by atoms with Crippen molar-refractivity contribution in [3.8, 4) is 5.75 Å². The number of halogens is 2. The molecule has 0 unspecified atom stereocenters. The first-order valence-electron chi connectivity index (χ1n) is 6.73. The van der Waals surface area contributed by atoms with Gasteiger partial charge in [0.2, 0.25) is 0 Å². The highest BCUT2D eigenvalue weighted by atomic mass is 35.5. The van der Waals surface area contributed by atoms with E-state index in [1.165, 1.54) is 44.6 Å². The van der Waals surface area contributed by atoms with Gasteiger partial charge < -0.3 is 5.11 Å². The van der Waals surface area contributed by atoms with Gasteiger partial charge in [-0.25, -0.2) is 4.98 Å². The van der Waals surface area contributed by atoms with Crippen LogP contribution < -0.4 is 0 Å². The van der Waals surface area contributed by atoms with Crippen LogP contribution in [0.2, 0.25) is 10.2 Å². The van der Waals surface area contributed by atoms with Gasteiger partial charge in [-0.15, -0.1) is 0 Å². The predicted octanol–water partition coefficient (Wildman–Crippen LogP) is 5.31. The van der Waals surface area contributed by atoms with E-state index in [1.807, 2.05) is 0 Å². The Labute approximate surface area is 118 Å². The number of aromatic nitrogens is 1. The first-order chi connectivity index (χ1) is 8.68. The number of rotatable bonds is 1. The van der Waals surface area contributed by atoms with Crippen LogP contribution in [-0.2, 0) is 0 Å². The van der Waals surface area contributed by atoms with Gasteiger partial charge in [0.05, 0.1) is 10.7 Å². The maximum Gasteiger partial charge on any atom is 0.171 e. The zero-order valence-corrected chi connectivity index (χ0v) is 12.0. The molecule has 1 fully saturated rings. The summed E-state index contributed by atoms with van der Waals surface area (Å²) < 4.78 is 0. The first kappa shape index (κ1) is 14.0. The van der Waals surface area contributed by atoms with E-state index < -0.39 is 0 Å². The van der Waals surface area contributed by atoms with Gasteiger partial charge in [0, 0.05) is 12.0 Å². The second-order valence-corrected chi connectivity index (χ2v) is 5.83. The summed E-state index contributed by atoms with van der Waals surface area (Å²) in [5.74, 6) is 0.349. The first-order valence-corrected chi connectivity index (χ1v) is 7.49. The van der Waals surface area contributed by atoms with E-state index in [4.69, 9.17) is 23.2 Å². The van der Waals surface area contributed by atoms with Crippen molar-refractivity contribution in [2.24, 2.45) is 0 Å². The molecule has 1 N–H and O–H groups in total. The largest absolute Gasteiger partial charge is 0.505 e. The molecule has 1 aromatic heterocycles.